The molecule has 1 heterocycles. The molecular weight excluding hydrogens is 913 g/mol. The standard InChI is InChI=1S/C38H34Br2IN3O6S/c39-32-18-22(19-33(40)36(32)45)17-31-30-21-25(41)9-14-34(30)44(37(31)46)15-1-2-16-50-26-10-12-27(13-11-26)51(48,49)43-38(47)42-35-28-7-3-5-23(28)20-24-6-4-8-29(24)35/h9-14,17-21,45H,1-8,15-16H2,(H2,42,43,47)/b31-17+. The van der Waals surface area contributed by atoms with Gasteiger partial charge in [0.05, 0.1) is 26.1 Å². The van der Waals surface area contributed by atoms with Crippen LogP contribution in [-0.4, -0.2) is 38.6 Å². The normalized spacial score (nSPS) is 15.5. The van der Waals surface area contributed by atoms with E-state index in [1.807, 2.05) is 24.3 Å². The molecule has 0 unspecified atom stereocenters. The number of ether oxygens (including phenoxy) is 1. The van der Waals surface area contributed by atoms with Crippen LogP contribution < -0.4 is 19.7 Å². The first kappa shape index (κ1) is 36.0. The van der Waals surface area contributed by atoms with Gasteiger partial charge in [0, 0.05) is 26.9 Å². The number of hydrogen-bond donors (Lipinski definition) is 3. The van der Waals surface area contributed by atoms with Crippen LogP contribution in [0, 0.1) is 3.57 Å². The van der Waals surface area contributed by atoms with Crippen molar-refractivity contribution in [1.29, 1.82) is 0 Å². The molecule has 0 bridgehead atoms. The summed E-state index contributed by atoms with van der Waals surface area (Å²) in [6.07, 6.45) is 8.97. The highest BCUT2D eigenvalue weighted by atomic mass is 127. The molecule has 3 N–H and O–H groups in total. The Labute approximate surface area is 327 Å². The first-order valence-corrected chi connectivity index (χ1v) is 20.9. The van der Waals surface area contributed by atoms with E-state index < -0.39 is 16.1 Å². The van der Waals surface area contributed by atoms with Crippen molar-refractivity contribution in [1.82, 2.24) is 4.72 Å². The predicted octanol–water partition coefficient (Wildman–Crippen LogP) is 8.76. The largest absolute Gasteiger partial charge is 0.506 e. The fourth-order valence-electron chi connectivity index (χ4n) is 7.09. The van der Waals surface area contributed by atoms with Crippen molar-refractivity contribution in [2.24, 2.45) is 0 Å². The van der Waals surface area contributed by atoms with Crippen LogP contribution in [-0.2, 0) is 40.5 Å². The Morgan fingerprint density at radius 3 is 2.25 bits per heavy atom. The van der Waals surface area contributed by atoms with Gasteiger partial charge in [-0.3, -0.25) is 4.79 Å². The minimum atomic E-state index is -4.10. The van der Waals surface area contributed by atoms with E-state index in [0.717, 1.165) is 75.7 Å². The minimum Gasteiger partial charge on any atom is -0.506 e. The number of sulfonamides is 1. The van der Waals surface area contributed by atoms with Crippen LogP contribution in [0.15, 0.2) is 74.5 Å². The number of aryl methyl sites for hydroxylation is 2. The zero-order valence-electron chi connectivity index (χ0n) is 27.4. The molecule has 3 amide bonds. The Morgan fingerprint density at radius 1 is 0.922 bits per heavy atom. The number of fused-ring (bicyclic) bond motifs is 3. The van der Waals surface area contributed by atoms with Crippen LogP contribution in [0.1, 0.15) is 59.1 Å². The zero-order chi connectivity index (χ0) is 35.9. The summed E-state index contributed by atoms with van der Waals surface area (Å²) in [5, 5.41) is 13.0. The third-order valence-corrected chi connectivity index (χ3v) is 12.7. The van der Waals surface area contributed by atoms with E-state index in [2.05, 4.69) is 70.6 Å². The number of carbonyl (C=O) groups excluding carboxylic acids is 2. The number of rotatable bonds is 10. The lowest BCUT2D eigenvalue weighted by Crippen LogP contribution is -2.35. The molecule has 4 aromatic rings. The average Bonchev–Trinajstić information content (AvgIpc) is 3.82. The molecule has 51 heavy (non-hydrogen) atoms. The van der Waals surface area contributed by atoms with Crippen molar-refractivity contribution in [3.63, 3.8) is 0 Å². The summed E-state index contributed by atoms with van der Waals surface area (Å²) in [4.78, 5) is 28.3. The van der Waals surface area contributed by atoms with Gasteiger partial charge in [0.25, 0.3) is 15.9 Å². The SMILES string of the molecule is O=C(Nc1c2c(cc3c1CCC3)CCC2)NS(=O)(=O)c1ccc(OCCCCN2C(=O)/C(=C/c3cc(Br)c(O)c(Br)c3)c3cc(I)ccc32)cc1. The van der Waals surface area contributed by atoms with Crippen LogP contribution in [0.5, 0.6) is 11.5 Å². The van der Waals surface area contributed by atoms with E-state index >= 15 is 0 Å². The maximum absolute atomic E-state index is 13.6. The molecule has 0 atom stereocenters. The Kier molecular flexibility index (Phi) is 10.5. The van der Waals surface area contributed by atoms with Gasteiger partial charge in [-0.1, -0.05) is 6.07 Å². The lowest BCUT2D eigenvalue weighted by atomic mass is 9.99. The second-order valence-corrected chi connectivity index (χ2v) is 17.5. The van der Waals surface area contributed by atoms with E-state index in [4.69, 9.17) is 4.74 Å². The van der Waals surface area contributed by atoms with Crippen LogP contribution in [0.3, 0.4) is 0 Å². The Hall–Kier alpha value is -3.40. The molecule has 0 aromatic heterocycles. The van der Waals surface area contributed by atoms with Crippen molar-refractivity contribution in [3.05, 3.63) is 107 Å². The quantitative estimate of drug-likeness (QED) is 0.0831. The van der Waals surface area contributed by atoms with Gasteiger partial charge in [-0.25, -0.2) is 17.9 Å². The number of nitrogens with one attached hydrogen (secondary N) is 2. The molecule has 3 aliphatic rings. The summed E-state index contributed by atoms with van der Waals surface area (Å²) in [6, 6.07) is 17.0. The van der Waals surface area contributed by atoms with Gasteiger partial charge in [-0.2, -0.15) is 0 Å². The fraction of sp³-hybridized carbons (Fsp3) is 0.263. The maximum Gasteiger partial charge on any atom is 0.333 e. The third-order valence-electron chi connectivity index (χ3n) is 9.48. The summed E-state index contributed by atoms with van der Waals surface area (Å²) < 4.78 is 36.3. The summed E-state index contributed by atoms with van der Waals surface area (Å²) in [7, 11) is -4.10. The first-order chi connectivity index (χ1) is 24.5. The molecule has 7 rings (SSSR count). The molecule has 2 aliphatic carbocycles. The van der Waals surface area contributed by atoms with E-state index in [1.165, 1.54) is 23.3 Å². The lowest BCUT2D eigenvalue weighted by Gasteiger charge is -2.17. The second kappa shape index (κ2) is 14.9. The second-order valence-electron chi connectivity index (χ2n) is 12.8. The molecule has 4 aromatic carbocycles. The minimum absolute atomic E-state index is 0.0368. The monoisotopic (exact) mass is 945 g/mol. The highest BCUT2D eigenvalue weighted by Crippen LogP contribution is 2.41. The summed E-state index contributed by atoms with van der Waals surface area (Å²) in [6.45, 7) is 0.869. The predicted molar refractivity (Wildman–Crippen MR) is 214 cm³/mol. The highest BCUT2D eigenvalue weighted by molar-refractivity contribution is 14.1. The van der Waals surface area contributed by atoms with Gasteiger partial charge in [-0.05, 0) is 194 Å². The molecule has 0 radical (unpaired) electrons. The summed E-state index contributed by atoms with van der Waals surface area (Å²) in [5.74, 6) is 0.506. The number of amides is 3. The molecule has 264 valence electrons. The van der Waals surface area contributed by atoms with Crippen molar-refractivity contribution in [2.75, 3.05) is 23.4 Å². The number of phenols is 1. The number of unbranched alkanes of at least 4 members (excludes halogenated alkanes) is 1. The van der Waals surface area contributed by atoms with E-state index in [0.29, 0.717) is 46.3 Å². The van der Waals surface area contributed by atoms with Crippen molar-refractivity contribution in [3.8, 4) is 11.5 Å². The molecule has 0 saturated carbocycles. The van der Waals surface area contributed by atoms with Gasteiger partial charge in [0.1, 0.15) is 11.5 Å². The average molecular weight is 947 g/mol. The Morgan fingerprint density at radius 2 is 1.59 bits per heavy atom. The molecule has 13 heteroatoms. The number of anilines is 2. The Balaban J connectivity index is 0.931. The smallest absolute Gasteiger partial charge is 0.333 e. The molecule has 0 fully saturated rings. The molecule has 1 aliphatic heterocycles. The van der Waals surface area contributed by atoms with E-state index in [-0.39, 0.29) is 16.6 Å². The highest BCUT2D eigenvalue weighted by Gasteiger charge is 2.32. The number of urea groups is 1. The number of halogens is 3. The topological polar surface area (TPSA) is 125 Å². The van der Waals surface area contributed by atoms with E-state index in [1.54, 1.807) is 29.2 Å². The number of carbonyl (C=O) groups is 2. The van der Waals surface area contributed by atoms with Gasteiger partial charge >= 0.3 is 6.03 Å². The lowest BCUT2D eigenvalue weighted by molar-refractivity contribution is -0.113. The van der Waals surface area contributed by atoms with Gasteiger partial charge < -0.3 is 20.1 Å². The molecule has 0 spiro atoms. The number of nitrogens with zero attached hydrogens (tertiary/aromatic N) is 1. The van der Waals surface area contributed by atoms with Crippen LogP contribution in [0.25, 0.3) is 11.6 Å². The van der Waals surface area contributed by atoms with Crippen LogP contribution in [0.4, 0.5) is 16.2 Å². The molecule has 9 nitrogen and oxygen atoms in total. The summed E-state index contributed by atoms with van der Waals surface area (Å²) >= 11 is 8.97. The van der Waals surface area contributed by atoms with Crippen LogP contribution in [0.2, 0.25) is 0 Å². The maximum atomic E-state index is 13.6. The summed E-state index contributed by atoms with van der Waals surface area (Å²) in [5.41, 5.74) is 8.61. The van der Waals surface area contributed by atoms with Crippen molar-refractivity contribution in [2.45, 2.75) is 56.3 Å². The first-order valence-electron chi connectivity index (χ1n) is 16.7. The van der Waals surface area contributed by atoms with Gasteiger partial charge in [-0.15, -0.1) is 0 Å². The number of aromatic hydroxyl groups is 1. The number of phenolic OH excluding ortho intramolecular Hbond substituents is 1. The third kappa shape index (κ3) is 7.58. The van der Waals surface area contributed by atoms with Crippen LogP contribution >= 0.6 is 54.5 Å². The zero-order valence-corrected chi connectivity index (χ0v) is 33.5. The van der Waals surface area contributed by atoms with E-state index in [9.17, 15) is 23.1 Å². The Bertz CT molecular complexity index is 2150. The molecular formula is C38H34Br2IN3O6S. The fourth-order valence-corrected chi connectivity index (χ4v) is 9.71. The van der Waals surface area contributed by atoms with Gasteiger partial charge in [0.2, 0.25) is 0 Å². The van der Waals surface area contributed by atoms with Crippen molar-refractivity contribution < 1.29 is 27.9 Å². The number of benzene rings is 4. The molecule has 0 saturated heterocycles. The van der Waals surface area contributed by atoms with Gasteiger partial charge in [0.15, 0.2) is 0 Å². The number of hydrogen-bond acceptors (Lipinski definition) is 6. The van der Waals surface area contributed by atoms with Crippen molar-refractivity contribution >= 4 is 99.4 Å².